The van der Waals surface area contributed by atoms with E-state index in [0.717, 1.165) is 23.4 Å². The third-order valence-electron chi connectivity index (χ3n) is 3.20. The first-order valence-corrected chi connectivity index (χ1v) is 5.83. The number of carbonyl (C=O) groups excluding carboxylic acids is 1. The predicted octanol–water partition coefficient (Wildman–Crippen LogP) is 1.49. The van der Waals surface area contributed by atoms with Gasteiger partial charge in [0.25, 0.3) is 0 Å². The van der Waals surface area contributed by atoms with Gasteiger partial charge in [0.2, 0.25) is 0 Å². The summed E-state index contributed by atoms with van der Waals surface area (Å²) >= 11 is 0. The summed E-state index contributed by atoms with van der Waals surface area (Å²) in [7, 11) is 1.39. The zero-order valence-corrected chi connectivity index (χ0v) is 10.5. The number of aromatic nitrogens is 1. The fourth-order valence-corrected chi connectivity index (χ4v) is 2.13. The summed E-state index contributed by atoms with van der Waals surface area (Å²) in [6, 6.07) is 1.85. The Kier molecular flexibility index (Phi) is 3.18. The Hall–Kier alpha value is -1.77. The monoisotopic (exact) mass is 231 g/mol. The SMILES string of the molecule is CCC1=C(C)C=c2[nH]c(C(=O)OC)cc2=CC1. The number of nitrogens with one attached hydrogen (secondary N) is 1. The van der Waals surface area contributed by atoms with E-state index in [9.17, 15) is 4.79 Å². The van der Waals surface area contributed by atoms with Crippen LogP contribution in [0.4, 0.5) is 0 Å². The van der Waals surface area contributed by atoms with Crippen molar-refractivity contribution in [1.82, 2.24) is 4.98 Å². The Morgan fingerprint density at radius 1 is 1.53 bits per heavy atom. The van der Waals surface area contributed by atoms with E-state index < -0.39 is 0 Å². The van der Waals surface area contributed by atoms with Crippen LogP contribution in [0.5, 0.6) is 0 Å². The van der Waals surface area contributed by atoms with Crippen molar-refractivity contribution in [3.63, 3.8) is 0 Å². The molecule has 1 N–H and O–H groups in total. The maximum atomic E-state index is 11.4. The number of hydrogen-bond acceptors (Lipinski definition) is 2. The fourth-order valence-electron chi connectivity index (χ4n) is 2.13. The van der Waals surface area contributed by atoms with Crippen LogP contribution in [-0.4, -0.2) is 18.1 Å². The van der Waals surface area contributed by atoms with Gasteiger partial charge in [-0.1, -0.05) is 18.6 Å². The van der Waals surface area contributed by atoms with Gasteiger partial charge in [-0.2, -0.15) is 0 Å². The summed E-state index contributed by atoms with van der Waals surface area (Å²) in [6.45, 7) is 4.28. The van der Waals surface area contributed by atoms with Crippen molar-refractivity contribution in [2.75, 3.05) is 7.11 Å². The van der Waals surface area contributed by atoms with Crippen molar-refractivity contribution in [1.29, 1.82) is 0 Å². The second-order valence-electron chi connectivity index (χ2n) is 4.24. The number of hydrogen-bond donors (Lipinski definition) is 1. The molecule has 0 unspecified atom stereocenters. The number of H-pyrrole nitrogens is 1. The van der Waals surface area contributed by atoms with Crippen LogP contribution in [0.3, 0.4) is 0 Å². The fraction of sp³-hybridized carbons (Fsp3) is 0.357. The molecule has 0 fully saturated rings. The van der Waals surface area contributed by atoms with Gasteiger partial charge in [-0.05, 0) is 42.7 Å². The molecule has 1 heterocycles. The zero-order valence-electron chi connectivity index (χ0n) is 10.5. The predicted molar refractivity (Wildman–Crippen MR) is 67.9 cm³/mol. The molecule has 0 aliphatic heterocycles. The topological polar surface area (TPSA) is 42.1 Å². The molecule has 2 rings (SSSR count). The molecular formula is C14H17NO2. The molecule has 0 saturated heterocycles. The van der Waals surface area contributed by atoms with Crippen molar-refractivity contribution in [2.24, 2.45) is 0 Å². The average molecular weight is 231 g/mol. The number of carbonyl (C=O) groups is 1. The van der Waals surface area contributed by atoms with Crippen LogP contribution in [-0.2, 0) is 4.74 Å². The van der Waals surface area contributed by atoms with Crippen LogP contribution in [0, 0.1) is 0 Å². The molecule has 1 aliphatic carbocycles. The van der Waals surface area contributed by atoms with Crippen LogP contribution < -0.4 is 10.6 Å². The summed E-state index contributed by atoms with van der Waals surface area (Å²) in [5.74, 6) is -0.322. The average Bonchev–Trinajstić information content (AvgIpc) is 2.66. The number of aromatic amines is 1. The van der Waals surface area contributed by atoms with Gasteiger partial charge in [-0.3, -0.25) is 0 Å². The number of fused-ring (bicyclic) bond motifs is 1. The molecule has 1 aromatic heterocycles. The normalized spacial score (nSPS) is 14.5. The van der Waals surface area contributed by atoms with E-state index in [0.29, 0.717) is 5.69 Å². The van der Waals surface area contributed by atoms with Crippen LogP contribution in [0.15, 0.2) is 17.2 Å². The lowest BCUT2D eigenvalue weighted by atomic mass is 10.0. The van der Waals surface area contributed by atoms with E-state index in [2.05, 4.69) is 31.0 Å². The smallest absolute Gasteiger partial charge is 0.354 e. The number of methoxy groups -OCH3 is 1. The highest BCUT2D eigenvalue weighted by atomic mass is 16.5. The van der Waals surface area contributed by atoms with Crippen molar-refractivity contribution >= 4 is 18.1 Å². The van der Waals surface area contributed by atoms with Gasteiger partial charge in [0.15, 0.2) is 0 Å². The highest BCUT2D eigenvalue weighted by molar-refractivity contribution is 5.87. The maximum absolute atomic E-state index is 11.4. The highest BCUT2D eigenvalue weighted by Gasteiger charge is 2.09. The van der Waals surface area contributed by atoms with Gasteiger partial charge in [0.05, 0.1) is 7.11 Å². The number of ether oxygens (including phenoxy) is 1. The molecule has 0 spiro atoms. The van der Waals surface area contributed by atoms with Gasteiger partial charge in [0, 0.05) is 5.35 Å². The van der Waals surface area contributed by atoms with Crippen molar-refractivity contribution in [3.05, 3.63) is 33.5 Å². The molecule has 0 bridgehead atoms. The lowest BCUT2D eigenvalue weighted by molar-refractivity contribution is 0.0594. The first kappa shape index (κ1) is 11.7. The quantitative estimate of drug-likeness (QED) is 0.784. The van der Waals surface area contributed by atoms with Crippen LogP contribution in [0.25, 0.3) is 12.2 Å². The third kappa shape index (κ3) is 2.18. The molecule has 3 nitrogen and oxygen atoms in total. The molecule has 0 radical (unpaired) electrons. The maximum Gasteiger partial charge on any atom is 0.354 e. The third-order valence-corrected chi connectivity index (χ3v) is 3.20. The van der Waals surface area contributed by atoms with E-state index in [4.69, 9.17) is 4.74 Å². The van der Waals surface area contributed by atoms with Gasteiger partial charge >= 0.3 is 5.97 Å². The summed E-state index contributed by atoms with van der Waals surface area (Å²) in [5.41, 5.74) is 3.23. The Morgan fingerprint density at radius 2 is 2.29 bits per heavy atom. The summed E-state index contributed by atoms with van der Waals surface area (Å²) in [5, 5.41) is 2.07. The molecule has 17 heavy (non-hydrogen) atoms. The first-order valence-electron chi connectivity index (χ1n) is 5.83. The van der Waals surface area contributed by atoms with Crippen molar-refractivity contribution in [2.45, 2.75) is 26.7 Å². The zero-order chi connectivity index (χ0) is 12.4. The second kappa shape index (κ2) is 4.62. The standard InChI is InChI=1S/C14H17NO2/c1-4-10-5-6-11-8-13(14(16)17-3)15-12(11)7-9(10)2/h6-8,15H,4-5H2,1-3H3. The van der Waals surface area contributed by atoms with E-state index in [-0.39, 0.29) is 5.97 Å². The van der Waals surface area contributed by atoms with E-state index in [1.54, 1.807) is 0 Å². The summed E-state index contributed by atoms with van der Waals surface area (Å²) in [6.07, 6.45) is 6.27. The Bertz CT molecular complexity index is 590. The molecule has 1 aliphatic rings. The van der Waals surface area contributed by atoms with Gasteiger partial charge in [-0.15, -0.1) is 0 Å². The summed E-state index contributed by atoms with van der Waals surface area (Å²) < 4.78 is 4.70. The first-order chi connectivity index (χ1) is 8.15. The van der Waals surface area contributed by atoms with Crippen molar-refractivity contribution < 1.29 is 9.53 Å². The molecule has 0 amide bonds. The minimum atomic E-state index is -0.322. The van der Waals surface area contributed by atoms with Gasteiger partial charge < -0.3 is 9.72 Å². The molecule has 0 saturated carbocycles. The molecule has 3 heteroatoms. The molecule has 90 valence electrons. The van der Waals surface area contributed by atoms with E-state index in [1.807, 2.05) is 6.07 Å². The Labute approximate surface area is 100 Å². The van der Waals surface area contributed by atoms with Crippen LogP contribution in [0.1, 0.15) is 37.2 Å². The number of rotatable bonds is 2. The highest BCUT2D eigenvalue weighted by Crippen LogP contribution is 2.15. The van der Waals surface area contributed by atoms with Gasteiger partial charge in [-0.25, -0.2) is 4.79 Å². The molecular weight excluding hydrogens is 214 g/mol. The van der Waals surface area contributed by atoms with E-state index in [1.165, 1.54) is 18.3 Å². The Morgan fingerprint density at radius 3 is 2.94 bits per heavy atom. The summed E-state index contributed by atoms with van der Waals surface area (Å²) in [4.78, 5) is 14.5. The molecule has 0 atom stereocenters. The minimum Gasteiger partial charge on any atom is -0.464 e. The number of esters is 1. The van der Waals surface area contributed by atoms with Crippen molar-refractivity contribution in [3.8, 4) is 0 Å². The molecule has 0 aromatic carbocycles. The lowest BCUT2D eigenvalue weighted by Crippen LogP contribution is -2.21. The van der Waals surface area contributed by atoms with Gasteiger partial charge in [0.1, 0.15) is 5.69 Å². The second-order valence-corrected chi connectivity index (χ2v) is 4.24. The lowest BCUT2D eigenvalue weighted by Gasteiger charge is -2.02. The minimum absolute atomic E-state index is 0.322. The Balaban J connectivity index is 2.54. The number of allylic oxidation sites excluding steroid dienone is 2. The van der Waals surface area contributed by atoms with Crippen LogP contribution in [0.2, 0.25) is 0 Å². The molecule has 1 aromatic rings. The van der Waals surface area contributed by atoms with Crippen LogP contribution >= 0.6 is 0 Å². The largest absolute Gasteiger partial charge is 0.464 e. The van der Waals surface area contributed by atoms with E-state index >= 15 is 0 Å².